The number of nitrogens with zero attached hydrogens (tertiary/aromatic N) is 1. The van der Waals surface area contributed by atoms with Crippen LogP contribution in [0.1, 0.15) is 0 Å². The van der Waals surface area contributed by atoms with Gasteiger partial charge < -0.3 is 4.42 Å². The molecule has 1 aromatic carbocycles. The maximum atomic E-state index is 5.91. The van der Waals surface area contributed by atoms with Gasteiger partial charge in [0.05, 0.1) is 6.26 Å². The van der Waals surface area contributed by atoms with Gasteiger partial charge in [0.2, 0.25) is 0 Å². The molecule has 2 nitrogen and oxygen atoms in total. The Labute approximate surface area is 97.5 Å². The molecule has 16 heavy (non-hydrogen) atoms. The molecule has 0 bridgehead atoms. The lowest BCUT2D eigenvalue weighted by Crippen LogP contribution is -1.81. The number of halogens is 1. The summed E-state index contributed by atoms with van der Waals surface area (Å²) in [5, 5.41) is 2.60. The summed E-state index contributed by atoms with van der Waals surface area (Å²) < 4.78 is 5.40. The van der Waals surface area contributed by atoms with Crippen LogP contribution >= 0.6 is 11.6 Å². The highest BCUT2D eigenvalue weighted by atomic mass is 35.5. The molecule has 0 atom stereocenters. The van der Waals surface area contributed by atoms with Crippen LogP contribution in [0.15, 0.2) is 53.3 Å². The van der Waals surface area contributed by atoms with Crippen LogP contribution in [0.4, 0.5) is 0 Å². The first kappa shape index (κ1) is 9.43. The second-order valence-corrected chi connectivity index (χ2v) is 3.90. The Morgan fingerprint density at radius 2 is 2.06 bits per heavy atom. The van der Waals surface area contributed by atoms with Gasteiger partial charge in [0.25, 0.3) is 0 Å². The molecule has 3 rings (SSSR count). The average molecular weight is 230 g/mol. The van der Waals surface area contributed by atoms with E-state index in [1.807, 2.05) is 36.4 Å². The summed E-state index contributed by atoms with van der Waals surface area (Å²) in [4.78, 5) is 4.06. The predicted molar refractivity (Wildman–Crippen MR) is 64.5 cm³/mol. The van der Waals surface area contributed by atoms with E-state index in [-0.39, 0.29) is 0 Å². The highest BCUT2D eigenvalue weighted by molar-refractivity contribution is 6.30. The van der Waals surface area contributed by atoms with E-state index in [9.17, 15) is 0 Å². The largest absolute Gasteiger partial charge is 0.464 e. The molecule has 0 radical (unpaired) electrons. The Kier molecular flexibility index (Phi) is 2.15. The number of hydrogen-bond donors (Lipinski definition) is 0. The lowest BCUT2D eigenvalue weighted by molar-refractivity contribution is 0.583. The molecule has 0 amide bonds. The molecule has 0 saturated carbocycles. The van der Waals surface area contributed by atoms with Crippen LogP contribution in [0, 0.1) is 0 Å². The number of fused-ring (bicyclic) bond motifs is 1. The number of rotatable bonds is 1. The zero-order chi connectivity index (χ0) is 11.0. The SMILES string of the molecule is Clc1cc2c(-c3ccco3)cccc2cn1. The number of furan rings is 1. The number of aromatic nitrogens is 1. The summed E-state index contributed by atoms with van der Waals surface area (Å²) in [6, 6.07) is 11.7. The van der Waals surface area contributed by atoms with Crippen LogP contribution in [0.2, 0.25) is 5.15 Å². The van der Waals surface area contributed by atoms with Gasteiger partial charge in [-0.3, -0.25) is 0 Å². The first-order chi connectivity index (χ1) is 7.84. The van der Waals surface area contributed by atoms with Crippen molar-refractivity contribution in [2.45, 2.75) is 0 Å². The molecule has 2 aromatic heterocycles. The third-order valence-electron chi connectivity index (χ3n) is 2.52. The highest BCUT2D eigenvalue weighted by Crippen LogP contribution is 2.29. The van der Waals surface area contributed by atoms with Gasteiger partial charge >= 0.3 is 0 Å². The zero-order valence-electron chi connectivity index (χ0n) is 8.35. The van der Waals surface area contributed by atoms with E-state index < -0.39 is 0 Å². The summed E-state index contributed by atoms with van der Waals surface area (Å²) in [7, 11) is 0. The van der Waals surface area contributed by atoms with Gasteiger partial charge in [0.1, 0.15) is 10.9 Å². The lowest BCUT2D eigenvalue weighted by atomic mass is 10.1. The number of benzene rings is 1. The minimum atomic E-state index is 0.492. The van der Waals surface area contributed by atoms with Gasteiger partial charge in [-0.25, -0.2) is 4.98 Å². The van der Waals surface area contributed by atoms with E-state index >= 15 is 0 Å². The molecule has 0 aliphatic carbocycles. The quantitative estimate of drug-likeness (QED) is 0.586. The first-order valence-corrected chi connectivity index (χ1v) is 5.30. The Bertz CT molecular complexity index is 631. The van der Waals surface area contributed by atoms with E-state index in [2.05, 4.69) is 4.98 Å². The second-order valence-electron chi connectivity index (χ2n) is 3.51. The van der Waals surface area contributed by atoms with Gasteiger partial charge in [-0.15, -0.1) is 0 Å². The van der Waals surface area contributed by atoms with Crippen molar-refractivity contribution in [3.8, 4) is 11.3 Å². The number of hydrogen-bond acceptors (Lipinski definition) is 2. The van der Waals surface area contributed by atoms with Crippen molar-refractivity contribution in [3.05, 3.63) is 54.0 Å². The van der Waals surface area contributed by atoms with Crippen molar-refractivity contribution in [3.63, 3.8) is 0 Å². The molecule has 78 valence electrons. The van der Waals surface area contributed by atoms with Crippen molar-refractivity contribution >= 4 is 22.4 Å². The van der Waals surface area contributed by atoms with Crippen LogP contribution in [-0.4, -0.2) is 4.98 Å². The zero-order valence-corrected chi connectivity index (χ0v) is 9.11. The summed E-state index contributed by atoms with van der Waals surface area (Å²) in [5.74, 6) is 0.841. The van der Waals surface area contributed by atoms with Crippen molar-refractivity contribution in [1.82, 2.24) is 4.98 Å². The molecule has 0 aliphatic rings. The third-order valence-corrected chi connectivity index (χ3v) is 2.72. The molecule has 0 spiro atoms. The molecule has 0 N–H and O–H groups in total. The molecular weight excluding hydrogens is 222 g/mol. The summed E-state index contributed by atoms with van der Waals surface area (Å²) >= 11 is 5.91. The van der Waals surface area contributed by atoms with Gasteiger partial charge in [0, 0.05) is 17.1 Å². The number of pyridine rings is 1. The highest BCUT2D eigenvalue weighted by Gasteiger charge is 2.06. The third kappa shape index (κ3) is 1.48. The monoisotopic (exact) mass is 229 g/mol. The maximum absolute atomic E-state index is 5.91. The molecule has 2 heterocycles. The topological polar surface area (TPSA) is 26.0 Å². The molecule has 0 unspecified atom stereocenters. The molecule has 0 fully saturated rings. The van der Waals surface area contributed by atoms with Crippen LogP contribution in [0.25, 0.3) is 22.1 Å². The van der Waals surface area contributed by atoms with Crippen LogP contribution in [0.5, 0.6) is 0 Å². The van der Waals surface area contributed by atoms with E-state index in [0.29, 0.717) is 5.15 Å². The van der Waals surface area contributed by atoms with E-state index in [4.69, 9.17) is 16.0 Å². The van der Waals surface area contributed by atoms with E-state index in [1.165, 1.54) is 0 Å². The second kappa shape index (κ2) is 3.65. The normalized spacial score (nSPS) is 10.8. The summed E-state index contributed by atoms with van der Waals surface area (Å²) in [6.07, 6.45) is 3.43. The molecule has 3 heteroatoms. The standard InChI is InChI=1S/C13H8ClNO/c14-13-7-11-9(8-15-13)3-1-4-10(11)12-5-2-6-16-12/h1-8H. The van der Waals surface area contributed by atoms with Crippen molar-refractivity contribution in [1.29, 1.82) is 0 Å². The Morgan fingerprint density at radius 3 is 2.88 bits per heavy atom. The first-order valence-electron chi connectivity index (χ1n) is 4.93. The fraction of sp³-hybridized carbons (Fsp3) is 0. The van der Waals surface area contributed by atoms with Crippen LogP contribution in [-0.2, 0) is 0 Å². The molecular formula is C13H8ClNO. The van der Waals surface area contributed by atoms with Gasteiger partial charge in [-0.05, 0) is 23.6 Å². The molecule has 3 aromatic rings. The van der Waals surface area contributed by atoms with Gasteiger partial charge in [0.15, 0.2) is 0 Å². The average Bonchev–Trinajstić information content (AvgIpc) is 2.81. The van der Waals surface area contributed by atoms with Crippen molar-refractivity contribution in [2.75, 3.05) is 0 Å². The summed E-state index contributed by atoms with van der Waals surface area (Å²) in [5.41, 5.74) is 1.03. The van der Waals surface area contributed by atoms with Crippen LogP contribution in [0.3, 0.4) is 0 Å². The summed E-state index contributed by atoms with van der Waals surface area (Å²) in [6.45, 7) is 0. The van der Waals surface area contributed by atoms with Crippen molar-refractivity contribution < 1.29 is 4.42 Å². The van der Waals surface area contributed by atoms with Gasteiger partial charge in [-0.1, -0.05) is 29.8 Å². The van der Waals surface area contributed by atoms with Crippen molar-refractivity contribution in [2.24, 2.45) is 0 Å². The van der Waals surface area contributed by atoms with Gasteiger partial charge in [-0.2, -0.15) is 0 Å². The minimum Gasteiger partial charge on any atom is -0.464 e. The fourth-order valence-corrected chi connectivity index (χ4v) is 1.95. The maximum Gasteiger partial charge on any atom is 0.134 e. The van der Waals surface area contributed by atoms with E-state index in [0.717, 1.165) is 22.1 Å². The predicted octanol–water partition coefficient (Wildman–Crippen LogP) is 4.15. The minimum absolute atomic E-state index is 0.492. The smallest absolute Gasteiger partial charge is 0.134 e. The molecule has 0 aliphatic heterocycles. The Balaban J connectivity index is 2.36. The lowest BCUT2D eigenvalue weighted by Gasteiger charge is -2.03. The van der Waals surface area contributed by atoms with Crippen LogP contribution < -0.4 is 0 Å². The fourth-order valence-electron chi connectivity index (χ4n) is 1.79. The Morgan fingerprint density at radius 1 is 1.12 bits per heavy atom. The Hall–Kier alpha value is -1.80. The van der Waals surface area contributed by atoms with E-state index in [1.54, 1.807) is 12.5 Å². The molecule has 0 saturated heterocycles.